The number of aliphatic hydroxyl groups is 1. The Morgan fingerprint density at radius 2 is 1.91 bits per heavy atom. The highest BCUT2D eigenvalue weighted by Gasteiger charge is 2.22. The van der Waals surface area contributed by atoms with Crippen molar-refractivity contribution >= 4 is 0 Å². The quantitative estimate of drug-likeness (QED) is 0.793. The molecule has 23 heavy (non-hydrogen) atoms. The summed E-state index contributed by atoms with van der Waals surface area (Å²) >= 11 is 0. The first-order valence-electron chi connectivity index (χ1n) is 8.72. The Hall–Kier alpha value is -0.770. The van der Waals surface area contributed by atoms with E-state index in [2.05, 4.69) is 37.8 Å². The third-order valence-corrected chi connectivity index (χ3v) is 4.70. The normalized spacial score (nSPS) is 16.9. The lowest BCUT2D eigenvalue weighted by Crippen LogP contribution is -3.00. The second-order valence-corrected chi connectivity index (χ2v) is 6.61. The van der Waals surface area contributed by atoms with E-state index in [0.29, 0.717) is 19.2 Å². The Morgan fingerprint density at radius 3 is 2.52 bits per heavy atom. The summed E-state index contributed by atoms with van der Waals surface area (Å²) < 4.78 is 5.81. The van der Waals surface area contributed by atoms with Gasteiger partial charge in [0.2, 0.25) is 0 Å². The van der Waals surface area contributed by atoms with Crippen molar-refractivity contribution in [2.75, 3.05) is 19.7 Å². The molecule has 1 atom stereocenters. The molecular weight excluding hydrogens is 310 g/mol. The molecule has 0 heterocycles. The number of likely N-dealkylation sites (N-methyl/N-ethyl adjacent to an activating group) is 1. The van der Waals surface area contributed by atoms with Crippen LogP contribution in [0.5, 0.6) is 5.75 Å². The van der Waals surface area contributed by atoms with E-state index in [1.807, 2.05) is 6.07 Å². The molecule has 1 aliphatic carbocycles. The molecule has 1 aromatic carbocycles. The molecule has 132 valence electrons. The summed E-state index contributed by atoms with van der Waals surface area (Å²) in [5.41, 5.74) is 2.37. The van der Waals surface area contributed by atoms with Gasteiger partial charge in [0, 0.05) is 12.6 Å². The van der Waals surface area contributed by atoms with Crippen LogP contribution in [-0.2, 0) is 0 Å². The van der Waals surface area contributed by atoms with Gasteiger partial charge in [0.25, 0.3) is 0 Å². The van der Waals surface area contributed by atoms with Crippen LogP contribution in [0, 0.1) is 13.8 Å². The van der Waals surface area contributed by atoms with Crippen LogP contribution in [-0.4, -0.2) is 41.8 Å². The van der Waals surface area contributed by atoms with Crippen molar-refractivity contribution in [2.24, 2.45) is 0 Å². The molecule has 0 amide bonds. The molecule has 2 rings (SSSR count). The summed E-state index contributed by atoms with van der Waals surface area (Å²) in [6.07, 6.45) is 6.15. The molecule has 0 saturated heterocycles. The van der Waals surface area contributed by atoms with Crippen molar-refractivity contribution in [3.63, 3.8) is 0 Å². The number of hydrogen-bond donors (Lipinski definition) is 1. The van der Waals surface area contributed by atoms with Crippen molar-refractivity contribution in [1.82, 2.24) is 4.90 Å². The van der Waals surface area contributed by atoms with Gasteiger partial charge in [-0.1, -0.05) is 43.9 Å². The van der Waals surface area contributed by atoms with Gasteiger partial charge in [-0.2, -0.15) is 0 Å². The topological polar surface area (TPSA) is 32.7 Å². The predicted octanol–water partition coefficient (Wildman–Crippen LogP) is 0.702. The first kappa shape index (κ1) is 20.3. The SMILES string of the molecule is CCN(CC(O)COc1ccc(C)cc1C)C1CCCCC1.[Cl-]. The lowest BCUT2D eigenvalue weighted by Gasteiger charge is -2.34. The first-order valence-corrected chi connectivity index (χ1v) is 8.72. The number of benzene rings is 1. The maximum atomic E-state index is 10.3. The molecule has 4 heteroatoms. The fourth-order valence-corrected chi connectivity index (χ4v) is 3.45. The van der Waals surface area contributed by atoms with Gasteiger partial charge in [-0.05, 0) is 44.9 Å². The van der Waals surface area contributed by atoms with Crippen molar-refractivity contribution in [2.45, 2.75) is 65.0 Å². The maximum absolute atomic E-state index is 10.3. The third-order valence-electron chi connectivity index (χ3n) is 4.70. The van der Waals surface area contributed by atoms with E-state index in [1.54, 1.807) is 0 Å². The first-order chi connectivity index (χ1) is 10.6. The van der Waals surface area contributed by atoms with Gasteiger partial charge >= 0.3 is 0 Å². The molecular formula is C19H31ClNO2-. The molecule has 3 nitrogen and oxygen atoms in total. The number of ether oxygens (including phenoxy) is 1. The molecule has 1 aromatic rings. The lowest BCUT2D eigenvalue weighted by atomic mass is 9.94. The maximum Gasteiger partial charge on any atom is 0.122 e. The average Bonchev–Trinajstić information content (AvgIpc) is 2.52. The molecule has 0 radical (unpaired) electrons. The van der Waals surface area contributed by atoms with Crippen molar-refractivity contribution < 1.29 is 22.3 Å². The summed E-state index contributed by atoms with van der Waals surface area (Å²) in [6, 6.07) is 6.81. The number of hydrogen-bond acceptors (Lipinski definition) is 3. The average molecular weight is 341 g/mol. The van der Waals surface area contributed by atoms with Gasteiger partial charge in [-0.25, -0.2) is 0 Å². The molecule has 0 aromatic heterocycles. The van der Waals surface area contributed by atoms with Crippen LogP contribution in [0.1, 0.15) is 50.2 Å². The highest BCUT2D eigenvalue weighted by atomic mass is 35.5. The molecule has 0 spiro atoms. The zero-order chi connectivity index (χ0) is 15.9. The Kier molecular flexibility index (Phi) is 8.96. The number of halogens is 1. The second kappa shape index (κ2) is 10.2. The molecule has 0 bridgehead atoms. The largest absolute Gasteiger partial charge is 1.00 e. The van der Waals surface area contributed by atoms with E-state index >= 15 is 0 Å². The van der Waals surface area contributed by atoms with E-state index < -0.39 is 6.10 Å². The molecule has 1 saturated carbocycles. The Balaban J connectivity index is 0.00000264. The minimum atomic E-state index is -0.428. The summed E-state index contributed by atoms with van der Waals surface area (Å²) in [5.74, 6) is 0.880. The van der Waals surface area contributed by atoms with E-state index in [0.717, 1.165) is 17.9 Å². The second-order valence-electron chi connectivity index (χ2n) is 6.61. The van der Waals surface area contributed by atoms with E-state index in [1.165, 1.54) is 37.7 Å². The smallest absolute Gasteiger partial charge is 0.122 e. The van der Waals surface area contributed by atoms with Crippen LogP contribution in [0.15, 0.2) is 18.2 Å². The minimum Gasteiger partial charge on any atom is -1.00 e. The molecule has 0 aliphatic heterocycles. The van der Waals surface area contributed by atoms with E-state index in [9.17, 15) is 5.11 Å². The molecule has 1 aliphatic rings. The minimum absolute atomic E-state index is 0. The standard InChI is InChI=1S/C19H31NO2.ClH/c1-4-20(17-8-6-5-7-9-17)13-18(21)14-22-19-11-10-15(2)12-16(19)3;/h10-12,17-18,21H,4-9,13-14H2,1-3H3;1H/p-1. The molecule has 1 fully saturated rings. The van der Waals surface area contributed by atoms with Gasteiger partial charge in [0.15, 0.2) is 0 Å². The Bertz CT molecular complexity index is 461. The van der Waals surface area contributed by atoms with Crippen molar-refractivity contribution in [3.05, 3.63) is 29.3 Å². The van der Waals surface area contributed by atoms with Gasteiger partial charge in [0.1, 0.15) is 18.5 Å². The van der Waals surface area contributed by atoms with Crippen LogP contribution in [0.4, 0.5) is 0 Å². The van der Waals surface area contributed by atoms with Crippen molar-refractivity contribution in [1.29, 1.82) is 0 Å². The summed E-state index contributed by atoms with van der Waals surface area (Å²) in [5, 5.41) is 10.3. The number of rotatable bonds is 7. The molecule has 1 unspecified atom stereocenters. The van der Waals surface area contributed by atoms with Crippen LogP contribution in [0.3, 0.4) is 0 Å². The highest BCUT2D eigenvalue weighted by molar-refractivity contribution is 5.35. The number of aryl methyl sites for hydroxylation is 2. The van der Waals surface area contributed by atoms with Crippen LogP contribution in [0.2, 0.25) is 0 Å². The zero-order valence-corrected chi connectivity index (χ0v) is 15.5. The summed E-state index contributed by atoms with van der Waals surface area (Å²) in [6.45, 7) is 8.40. The third kappa shape index (κ3) is 6.33. The highest BCUT2D eigenvalue weighted by Crippen LogP contribution is 2.23. The van der Waals surface area contributed by atoms with Gasteiger partial charge in [0.05, 0.1) is 0 Å². The lowest BCUT2D eigenvalue weighted by molar-refractivity contribution is -0.00000694. The predicted molar refractivity (Wildman–Crippen MR) is 91.5 cm³/mol. The van der Waals surface area contributed by atoms with Crippen LogP contribution >= 0.6 is 0 Å². The summed E-state index contributed by atoms with van der Waals surface area (Å²) in [7, 11) is 0. The van der Waals surface area contributed by atoms with Crippen molar-refractivity contribution in [3.8, 4) is 5.75 Å². The molecule has 1 N–H and O–H groups in total. The fraction of sp³-hybridized carbons (Fsp3) is 0.684. The van der Waals surface area contributed by atoms with Gasteiger partial charge in [-0.3, -0.25) is 4.90 Å². The monoisotopic (exact) mass is 340 g/mol. The Morgan fingerprint density at radius 1 is 1.22 bits per heavy atom. The van der Waals surface area contributed by atoms with E-state index in [4.69, 9.17) is 4.74 Å². The Labute approximate surface area is 147 Å². The summed E-state index contributed by atoms with van der Waals surface area (Å²) in [4.78, 5) is 2.43. The van der Waals surface area contributed by atoms with E-state index in [-0.39, 0.29) is 12.4 Å². The van der Waals surface area contributed by atoms with Gasteiger partial charge < -0.3 is 22.3 Å². The van der Waals surface area contributed by atoms with Crippen LogP contribution in [0.25, 0.3) is 0 Å². The zero-order valence-electron chi connectivity index (χ0n) is 14.7. The number of nitrogens with zero attached hydrogens (tertiary/aromatic N) is 1. The fourth-order valence-electron chi connectivity index (χ4n) is 3.45. The van der Waals surface area contributed by atoms with Gasteiger partial charge in [-0.15, -0.1) is 0 Å². The van der Waals surface area contributed by atoms with Crippen LogP contribution < -0.4 is 17.1 Å². The number of aliphatic hydroxyl groups excluding tert-OH is 1.